The number of hydrogen-bond acceptors (Lipinski definition) is 6. The van der Waals surface area contributed by atoms with Crippen molar-refractivity contribution in [3.05, 3.63) is 46.8 Å². The van der Waals surface area contributed by atoms with E-state index in [4.69, 9.17) is 0 Å². The van der Waals surface area contributed by atoms with Crippen LogP contribution < -0.4 is 0 Å². The number of hydrogen-bond donors (Lipinski definition) is 0. The minimum absolute atomic E-state index is 0.308. The molecule has 0 N–H and O–H groups in total. The van der Waals surface area contributed by atoms with Gasteiger partial charge in [0.15, 0.2) is 14.2 Å². The van der Waals surface area contributed by atoms with Crippen LogP contribution in [0.1, 0.15) is 5.01 Å². The van der Waals surface area contributed by atoms with Gasteiger partial charge in [-0.05, 0) is 19.1 Å². The Morgan fingerprint density at radius 2 is 2.00 bits per heavy atom. The second-order valence-electron chi connectivity index (χ2n) is 3.63. The number of sulfone groups is 1. The highest BCUT2D eigenvalue weighted by Crippen LogP contribution is 2.22. The Hall–Kier alpha value is -1.18. The van der Waals surface area contributed by atoms with Crippen molar-refractivity contribution in [1.29, 1.82) is 0 Å². The van der Waals surface area contributed by atoms with Crippen molar-refractivity contribution < 1.29 is 8.42 Å². The van der Waals surface area contributed by atoms with Gasteiger partial charge in [0, 0.05) is 11.2 Å². The van der Waals surface area contributed by atoms with E-state index in [2.05, 4.69) is 10.2 Å². The van der Waals surface area contributed by atoms with E-state index in [1.165, 1.54) is 28.5 Å². The van der Waals surface area contributed by atoms with E-state index in [1.54, 1.807) is 36.4 Å². The zero-order valence-corrected chi connectivity index (χ0v) is 12.6. The lowest BCUT2D eigenvalue weighted by Gasteiger charge is -1.97. The van der Waals surface area contributed by atoms with Crippen molar-refractivity contribution in [3.63, 3.8) is 0 Å². The van der Waals surface area contributed by atoms with Gasteiger partial charge in [-0.15, -0.1) is 10.2 Å². The van der Waals surface area contributed by atoms with Crippen LogP contribution in [0.15, 0.2) is 51.1 Å². The summed E-state index contributed by atoms with van der Waals surface area (Å²) in [4.78, 5) is 0.308. The summed E-state index contributed by atoms with van der Waals surface area (Å²) in [6, 6.07) is 8.37. The van der Waals surface area contributed by atoms with Gasteiger partial charge in [-0.2, -0.15) is 0 Å². The van der Waals surface area contributed by atoms with E-state index in [0.29, 0.717) is 10.6 Å². The molecule has 0 bridgehead atoms. The fraction of sp³-hybridized carbons (Fsp3) is 0.167. The standard InChI is InChI=1S/C12H12N2O2S3/c1-10-13-14-12(18-10)17-8-5-9-19(15,16)11-6-3-2-4-7-11/h2-7,9H,8H2,1H3/b9-5+. The maximum Gasteiger partial charge on any atom is 0.199 e. The topological polar surface area (TPSA) is 59.9 Å². The molecule has 100 valence electrons. The van der Waals surface area contributed by atoms with Gasteiger partial charge in [0.25, 0.3) is 0 Å². The fourth-order valence-corrected chi connectivity index (χ4v) is 4.13. The first-order chi connectivity index (χ1) is 9.08. The summed E-state index contributed by atoms with van der Waals surface area (Å²) in [5.74, 6) is 0.556. The largest absolute Gasteiger partial charge is 0.219 e. The van der Waals surface area contributed by atoms with Crippen LogP contribution in [-0.4, -0.2) is 24.4 Å². The van der Waals surface area contributed by atoms with Crippen LogP contribution >= 0.6 is 23.1 Å². The van der Waals surface area contributed by atoms with Crippen LogP contribution in [0.5, 0.6) is 0 Å². The van der Waals surface area contributed by atoms with E-state index < -0.39 is 9.84 Å². The van der Waals surface area contributed by atoms with Gasteiger partial charge in [0.05, 0.1) is 4.90 Å². The van der Waals surface area contributed by atoms with Crippen LogP contribution in [-0.2, 0) is 9.84 Å². The first-order valence-corrected chi connectivity index (χ1v) is 8.82. The van der Waals surface area contributed by atoms with Gasteiger partial charge in [0.1, 0.15) is 5.01 Å². The molecule has 2 aromatic rings. The first kappa shape index (κ1) is 14.2. The Kier molecular flexibility index (Phi) is 4.73. The lowest BCUT2D eigenvalue weighted by Crippen LogP contribution is -1.95. The third-order valence-electron chi connectivity index (χ3n) is 2.16. The number of nitrogens with zero attached hydrogens (tertiary/aromatic N) is 2. The predicted octanol–water partition coefficient (Wildman–Crippen LogP) is 2.93. The summed E-state index contributed by atoms with van der Waals surface area (Å²) in [5, 5.41) is 10.00. The Bertz CT molecular complexity index is 663. The van der Waals surface area contributed by atoms with Crippen LogP contribution in [0, 0.1) is 6.92 Å². The Balaban J connectivity index is 1.95. The molecule has 19 heavy (non-hydrogen) atoms. The van der Waals surface area contributed by atoms with E-state index >= 15 is 0 Å². The molecular formula is C12H12N2O2S3. The van der Waals surface area contributed by atoms with E-state index in [9.17, 15) is 8.42 Å². The minimum Gasteiger partial charge on any atom is -0.219 e. The Morgan fingerprint density at radius 3 is 2.63 bits per heavy atom. The number of thioether (sulfide) groups is 1. The zero-order valence-electron chi connectivity index (χ0n) is 10.2. The van der Waals surface area contributed by atoms with E-state index in [-0.39, 0.29) is 0 Å². The van der Waals surface area contributed by atoms with Crippen LogP contribution in [0.4, 0.5) is 0 Å². The summed E-state index contributed by atoms with van der Waals surface area (Å²) in [5.41, 5.74) is 0. The molecule has 0 radical (unpaired) electrons. The third kappa shape index (κ3) is 4.15. The van der Waals surface area contributed by atoms with Gasteiger partial charge in [-0.1, -0.05) is 47.4 Å². The minimum atomic E-state index is -3.34. The summed E-state index contributed by atoms with van der Waals surface area (Å²) in [6.45, 7) is 1.89. The van der Waals surface area contributed by atoms with Gasteiger partial charge in [0.2, 0.25) is 0 Å². The molecule has 0 saturated heterocycles. The first-order valence-electron chi connectivity index (χ1n) is 5.47. The molecule has 1 aromatic carbocycles. The SMILES string of the molecule is Cc1nnc(SC/C=C/S(=O)(=O)c2ccccc2)s1. The van der Waals surface area contributed by atoms with Crippen molar-refractivity contribution in [2.45, 2.75) is 16.2 Å². The molecule has 0 unspecified atom stereocenters. The molecule has 0 saturated carbocycles. The van der Waals surface area contributed by atoms with Crippen LogP contribution in [0.25, 0.3) is 0 Å². The van der Waals surface area contributed by atoms with Crippen molar-refractivity contribution >= 4 is 32.9 Å². The number of aryl methyl sites for hydroxylation is 1. The summed E-state index contributed by atoms with van der Waals surface area (Å²) >= 11 is 2.97. The Labute approximate surface area is 120 Å². The predicted molar refractivity (Wildman–Crippen MR) is 78.1 cm³/mol. The second-order valence-corrected chi connectivity index (χ2v) is 7.91. The molecule has 2 rings (SSSR count). The molecule has 0 aliphatic rings. The average molecular weight is 312 g/mol. The summed E-state index contributed by atoms with van der Waals surface area (Å²) in [7, 11) is -3.34. The Morgan fingerprint density at radius 1 is 1.26 bits per heavy atom. The fourth-order valence-electron chi connectivity index (χ4n) is 1.31. The molecule has 4 nitrogen and oxygen atoms in total. The molecule has 1 aromatic heterocycles. The van der Waals surface area contributed by atoms with Crippen molar-refractivity contribution in [3.8, 4) is 0 Å². The lowest BCUT2D eigenvalue weighted by atomic mass is 10.4. The summed E-state index contributed by atoms with van der Waals surface area (Å²) < 4.78 is 24.7. The molecule has 0 aliphatic heterocycles. The lowest BCUT2D eigenvalue weighted by molar-refractivity contribution is 0.604. The molecule has 1 heterocycles. The van der Waals surface area contributed by atoms with Gasteiger partial charge < -0.3 is 0 Å². The quantitative estimate of drug-likeness (QED) is 0.794. The van der Waals surface area contributed by atoms with E-state index in [1.807, 2.05) is 6.92 Å². The molecule has 0 fully saturated rings. The molecule has 7 heteroatoms. The maximum absolute atomic E-state index is 11.9. The van der Waals surface area contributed by atoms with Crippen LogP contribution in [0.2, 0.25) is 0 Å². The van der Waals surface area contributed by atoms with Crippen molar-refractivity contribution in [2.75, 3.05) is 5.75 Å². The van der Waals surface area contributed by atoms with Gasteiger partial charge in [-0.25, -0.2) is 8.42 Å². The monoisotopic (exact) mass is 312 g/mol. The summed E-state index contributed by atoms with van der Waals surface area (Å²) in [6.07, 6.45) is 1.63. The normalized spacial score (nSPS) is 12.1. The second kappa shape index (κ2) is 6.31. The molecule has 0 aliphatic carbocycles. The molecule has 0 spiro atoms. The number of aromatic nitrogens is 2. The van der Waals surface area contributed by atoms with Crippen LogP contribution in [0.3, 0.4) is 0 Å². The number of rotatable bonds is 5. The van der Waals surface area contributed by atoms with Gasteiger partial charge >= 0.3 is 0 Å². The molecule has 0 amide bonds. The van der Waals surface area contributed by atoms with E-state index in [0.717, 1.165) is 9.35 Å². The highest BCUT2D eigenvalue weighted by atomic mass is 32.2. The highest BCUT2D eigenvalue weighted by Gasteiger charge is 2.08. The molecule has 0 atom stereocenters. The maximum atomic E-state index is 11.9. The number of benzene rings is 1. The smallest absolute Gasteiger partial charge is 0.199 e. The van der Waals surface area contributed by atoms with Crippen molar-refractivity contribution in [2.24, 2.45) is 0 Å². The highest BCUT2D eigenvalue weighted by molar-refractivity contribution is 8.01. The molecular weight excluding hydrogens is 300 g/mol. The van der Waals surface area contributed by atoms with Gasteiger partial charge in [-0.3, -0.25) is 0 Å². The van der Waals surface area contributed by atoms with Crippen molar-refractivity contribution in [1.82, 2.24) is 10.2 Å². The third-order valence-corrected chi connectivity index (χ3v) is 5.56. The average Bonchev–Trinajstić information content (AvgIpc) is 2.82. The zero-order chi connectivity index (χ0) is 13.7.